The summed E-state index contributed by atoms with van der Waals surface area (Å²) in [7, 11) is 1.87. The summed E-state index contributed by atoms with van der Waals surface area (Å²) in [5.41, 5.74) is 3.49. The van der Waals surface area contributed by atoms with Gasteiger partial charge < -0.3 is 4.74 Å². The Morgan fingerprint density at radius 1 is 1.09 bits per heavy atom. The number of aryl methyl sites for hydroxylation is 1. The third-order valence-corrected chi connectivity index (χ3v) is 3.65. The van der Waals surface area contributed by atoms with E-state index in [4.69, 9.17) is 4.74 Å². The number of aromatic nitrogens is 3. The van der Waals surface area contributed by atoms with E-state index >= 15 is 0 Å². The minimum atomic E-state index is 0.279. The van der Waals surface area contributed by atoms with Gasteiger partial charge in [-0.15, -0.1) is 5.10 Å². The van der Waals surface area contributed by atoms with Crippen molar-refractivity contribution in [2.45, 2.75) is 13.0 Å². The van der Waals surface area contributed by atoms with E-state index in [0.717, 1.165) is 24.1 Å². The van der Waals surface area contributed by atoms with Gasteiger partial charge in [0.05, 0.1) is 11.3 Å². The molecule has 23 heavy (non-hydrogen) atoms. The Hall–Kier alpha value is -2.95. The maximum Gasteiger partial charge on any atom is 0.153 e. The molecule has 0 radical (unpaired) electrons. The summed E-state index contributed by atoms with van der Waals surface area (Å²) in [4.78, 5) is 11.0. The van der Waals surface area contributed by atoms with E-state index in [0.29, 0.717) is 11.3 Å². The van der Waals surface area contributed by atoms with Crippen molar-refractivity contribution in [1.82, 2.24) is 15.0 Å². The number of aldehydes is 1. The minimum Gasteiger partial charge on any atom is -0.486 e. The first-order valence-electron chi connectivity index (χ1n) is 7.36. The summed E-state index contributed by atoms with van der Waals surface area (Å²) in [6.07, 6.45) is 1.52. The predicted molar refractivity (Wildman–Crippen MR) is 86.4 cm³/mol. The normalized spacial score (nSPS) is 10.5. The van der Waals surface area contributed by atoms with Gasteiger partial charge in [-0.3, -0.25) is 9.48 Å². The number of hydrogen-bond acceptors (Lipinski definition) is 4. The smallest absolute Gasteiger partial charge is 0.153 e. The Labute approximate surface area is 134 Å². The molecule has 0 aliphatic carbocycles. The first-order valence-corrected chi connectivity index (χ1v) is 7.36. The van der Waals surface area contributed by atoms with Crippen molar-refractivity contribution in [3.63, 3.8) is 0 Å². The van der Waals surface area contributed by atoms with E-state index in [1.807, 2.05) is 31.3 Å². The Morgan fingerprint density at radius 3 is 2.61 bits per heavy atom. The van der Waals surface area contributed by atoms with Gasteiger partial charge >= 0.3 is 0 Å². The first kappa shape index (κ1) is 15.0. The van der Waals surface area contributed by atoms with E-state index in [2.05, 4.69) is 22.4 Å². The Balaban J connectivity index is 1.77. The molecule has 0 aliphatic heterocycles. The van der Waals surface area contributed by atoms with E-state index in [-0.39, 0.29) is 6.61 Å². The van der Waals surface area contributed by atoms with E-state index < -0.39 is 0 Å². The van der Waals surface area contributed by atoms with Crippen LogP contribution in [0.4, 0.5) is 0 Å². The van der Waals surface area contributed by atoms with Gasteiger partial charge in [-0.05, 0) is 17.7 Å². The maximum absolute atomic E-state index is 11.0. The molecule has 0 fully saturated rings. The van der Waals surface area contributed by atoms with Crippen molar-refractivity contribution >= 4 is 6.29 Å². The average molecular weight is 307 g/mol. The van der Waals surface area contributed by atoms with Crippen molar-refractivity contribution in [3.8, 4) is 5.75 Å². The van der Waals surface area contributed by atoms with Crippen LogP contribution in [0, 0.1) is 0 Å². The van der Waals surface area contributed by atoms with Crippen molar-refractivity contribution in [3.05, 3.63) is 77.1 Å². The number of hydrogen-bond donors (Lipinski definition) is 0. The molecule has 3 rings (SSSR count). The zero-order valence-electron chi connectivity index (χ0n) is 12.8. The fraction of sp³-hybridized carbons (Fsp3) is 0.167. The van der Waals surface area contributed by atoms with Gasteiger partial charge in [0.1, 0.15) is 18.1 Å². The Bertz CT molecular complexity index is 797. The van der Waals surface area contributed by atoms with Crippen LogP contribution in [-0.2, 0) is 20.1 Å². The molecule has 0 spiro atoms. The van der Waals surface area contributed by atoms with Crippen LogP contribution in [0.2, 0.25) is 0 Å². The molecule has 0 unspecified atom stereocenters. The number of para-hydroxylation sites is 1. The second kappa shape index (κ2) is 6.87. The van der Waals surface area contributed by atoms with Crippen LogP contribution < -0.4 is 4.74 Å². The summed E-state index contributed by atoms with van der Waals surface area (Å²) in [6, 6.07) is 17.3. The highest BCUT2D eigenvalue weighted by atomic mass is 16.5. The fourth-order valence-electron chi connectivity index (χ4n) is 2.39. The Kier molecular flexibility index (Phi) is 4.47. The van der Waals surface area contributed by atoms with Crippen molar-refractivity contribution < 1.29 is 9.53 Å². The quantitative estimate of drug-likeness (QED) is 0.657. The molecule has 1 aromatic heterocycles. The topological polar surface area (TPSA) is 57.0 Å². The molecule has 0 saturated carbocycles. The van der Waals surface area contributed by atoms with Gasteiger partial charge in [0.15, 0.2) is 6.29 Å². The van der Waals surface area contributed by atoms with Crippen molar-refractivity contribution in [1.29, 1.82) is 0 Å². The molecule has 2 aromatic carbocycles. The largest absolute Gasteiger partial charge is 0.486 e. The highest BCUT2D eigenvalue weighted by molar-refractivity contribution is 5.79. The molecule has 0 amide bonds. The van der Waals surface area contributed by atoms with Crippen LogP contribution in [-0.4, -0.2) is 21.3 Å². The zero-order chi connectivity index (χ0) is 16.1. The number of nitrogens with zero attached hydrogens (tertiary/aromatic N) is 3. The molecule has 0 bridgehead atoms. The third kappa shape index (κ3) is 3.45. The van der Waals surface area contributed by atoms with Gasteiger partial charge in [0, 0.05) is 13.5 Å². The molecule has 0 atom stereocenters. The van der Waals surface area contributed by atoms with Crippen LogP contribution in [0.25, 0.3) is 0 Å². The fourth-order valence-corrected chi connectivity index (χ4v) is 2.39. The number of carbonyl (C=O) groups excluding carboxylic acids is 1. The van der Waals surface area contributed by atoms with Gasteiger partial charge in [-0.1, -0.05) is 47.7 Å². The lowest BCUT2D eigenvalue weighted by atomic mass is 10.1. The third-order valence-electron chi connectivity index (χ3n) is 3.65. The summed E-state index contributed by atoms with van der Waals surface area (Å²) in [6.45, 7) is 0.279. The lowest BCUT2D eigenvalue weighted by molar-refractivity contribution is 0.111. The first-order chi connectivity index (χ1) is 11.3. The molecule has 116 valence electrons. The van der Waals surface area contributed by atoms with E-state index in [1.165, 1.54) is 5.56 Å². The number of ether oxygens (including phenoxy) is 1. The van der Waals surface area contributed by atoms with E-state index in [1.54, 1.807) is 22.9 Å². The molecule has 0 saturated heterocycles. The summed E-state index contributed by atoms with van der Waals surface area (Å²) in [5.74, 6) is 0.554. The van der Waals surface area contributed by atoms with Crippen LogP contribution in [0.1, 0.15) is 27.3 Å². The summed E-state index contributed by atoms with van der Waals surface area (Å²) in [5, 5.41) is 8.27. The number of benzene rings is 2. The lowest BCUT2D eigenvalue weighted by Gasteiger charge is -2.08. The molecular formula is C18H17N3O2. The van der Waals surface area contributed by atoms with Crippen LogP contribution >= 0.6 is 0 Å². The molecule has 5 heteroatoms. The monoisotopic (exact) mass is 307 g/mol. The van der Waals surface area contributed by atoms with E-state index in [9.17, 15) is 4.79 Å². The minimum absolute atomic E-state index is 0.279. The summed E-state index contributed by atoms with van der Waals surface area (Å²) >= 11 is 0. The van der Waals surface area contributed by atoms with Crippen molar-refractivity contribution in [2.75, 3.05) is 0 Å². The maximum atomic E-state index is 11.0. The van der Waals surface area contributed by atoms with Gasteiger partial charge in [0.25, 0.3) is 0 Å². The Morgan fingerprint density at radius 2 is 1.83 bits per heavy atom. The highest BCUT2D eigenvalue weighted by Gasteiger charge is 2.13. The summed E-state index contributed by atoms with van der Waals surface area (Å²) < 4.78 is 7.52. The second-order valence-corrected chi connectivity index (χ2v) is 5.21. The van der Waals surface area contributed by atoms with Gasteiger partial charge in [-0.2, -0.15) is 0 Å². The van der Waals surface area contributed by atoms with Gasteiger partial charge in [-0.25, -0.2) is 0 Å². The van der Waals surface area contributed by atoms with Gasteiger partial charge in [0.2, 0.25) is 0 Å². The molecule has 3 aromatic rings. The standard InChI is InChI=1S/C18H17N3O2/c1-21-17(11-14-7-3-2-4-8-14)16(19-20-21)13-23-18-10-6-5-9-15(18)12-22/h2-10,12H,11,13H2,1H3. The molecule has 0 aliphatic rings. The predicted octanol–water partition coefficient (Wildman–Crippen LogP) is 2.80. The second-order valence-electron chi connectivity index (χ2n) is 5.21. The number of rotatable bonds is 6. The molecule has 5 nitrogen and oxygen atoms in total. The SMILES string of the molecule is Cn1nnc(COc2ccccc2C=O)c1Cc1ccccc1. The van der Waals surface area contributed by atoms with Crippen molar-refractivity contribution in [2.24, 2.45) is 7.05 Å². The van der Waals surface area contributed by atoms with Crippen LogP contribution in [0.15, 0.2) is 54.6 Å². The molecule has 1 heterocycles. The zero-order valence-corrected chi connectivity index (χ0v) is 12.8. The highest BCUT2D eigenvalue weighted by Crippen LogP contribution is 2.19. The van der Waals surface area contributed by atoms with Crippen LogP contribution in [0.3, 0.4) is 0 Å². The molecular weight excluding hydrogens is 290 g/mol. The number of carbonyl (C=O) groups is 1. The average Bonchev–Trinajstić information content (AvgIpc) is 2.94. The lowest BCUT2D eigenvalue weighted by Crippen LogP contribution is -2.05. The molecule has 0 N–H and O–H groups in total. The van der Waals surface area contributed by atoms with Crippen LogP contribution in [0.5, 0.6) is 5.75 Å².